The maximum Gasteiger partial charge on any atom is 0.310 e. The predicted molar refractivity (Wildman–Crippen MR) is 105 cm³/mol. The molecular formula is C21H18ClN3O2. The number of rotatable bonds is 4. The molecule has 2 amide bonds. The van der Waals surface area contributed by atoms with Gasteiger partial charge in [-0.05, 0) is 42.0 Å². The molecule has 1 aliphatic carbocycles. The van der Waals surface area contributed by atoms with Crippen molar-refractivity contribution in [2.45, 2.75) is 19.4 Å². The lowest BCUT2D eigenvalue weighted by atomic mass is 10.1. The highest BCUT2D eigenvalue weighted by Crippen LogP contribution is 2.30. The third-order valence-electron chi connectivity index (χ3n) is 3.90. The summed E-state index contributed by atoms with van der Waals surface area (Å²) >= 11 is 5.94. The minimum atomic E-state index is -0.727. The molecule has 0 atom stereocenters. The molecule has 1 fully saturated rings. The van der Waals surface area contributed by atoms with Crippen LogP contribution in [0.4, 0.5) is 0 Å². The van der Waals surface area contributed by atoms with E-state index in [1.54, 1.807) is 18.3 Å². The summed E-state index contributed by atoms with van der Waals surface area (Å²) in [5, 5.41) is 5.54. The van der Waals surface area contributed by atoms with Crippen molar-refractivity contribution in [1.82, 2.24) is 15.6 Å². The third-order valence-corrected chi connectivity index (χ3v) is 4.21. The van der Waals surface area contributed by atoms with Gasteiger partial charge in [-0.3, -0.25) is 9.59 Å². The van der Waals surface area contributed by atoms with Gasteiger partial charge in [0.2, 0.25) is 0 Å². The number of halogens is 1. The molecule has 1 aromatic heterocycles. The van der Waals surface area contributed by atoms with E-state index < -0.39 is 11.8 Å². The quantitative estimate of drug-likeness (QED) is 0.633. The van der Waals surface area contributed by atoms with E-state index in [9.17, 15) is 9.59 Å². The smallest absolute Gasteiger partial charge is 0.310 e. The minimum Gasteiger partial charge on any atom is -0.344 e. The van der Waals surface area contributed by atoms with Crippen molar-refractivity contribution >= 4 is 29.5 Å². The molecule has 27 heavy (non-hydrogen) atoms. The summed E-state index contributed by atoms with van der Waals surface area (Å²) in [5.41, 5.74) is 3.88. The van der Waals surface area contributed by atoms with Crippen LogP contribution >= 0.6 is 11.6 Å². The van der Waals surface area contributed by atoms with Gasteiger partial charge in [0.1, 0.15) is 5.69 Å². The zero-order valence-corrected chi connectivity index (χ0v) is 15.3. The number of hydrogen-bond donors (Lipinski definition) is 2. The van der Waals surface area contributed by atoms with Crippen molar-refractivity contribution in [2.24, 2.45) is 0 Å². The first kappa shape index (κ1) is 18.7. The molecule has 1 aliphatic rings. The fourth-order valence-corrected chi connectivity index (χ4v) is 2.51. The summed E-state index contributed by atoms with van der Waals surface area (Å²) in [5.74, 6) is 4.05. The average Bonchev–Trinajstić information content (AvgIpc) is 3.49. The molecule has 3 rings (SSSR count). The van der Waals surface area contributed by atoms with Crippen LogP contribution in [-0.2, 0) is 16.1 Å². The standard InChI is InChI=1S/C21H18ClN3O2/c22-18-7-3-11-23-19(18)8-4-12-24-20(26)21(27)25-14-17-6-2-1-5-16(17)13-15-9-10-15/h1-3,5-7,11,13H,9-10,12,14H2,(H,24,26)(H,25,27). The minimum absolute atomic E-state index is 0.0296. The summed E-state index contributed by atoms with van der Waals surface area (Å²) < 4.78 is 0. The first-order valence-electron chi connectivity index (χ1n) is 8.56. The van der Waals surface area contributed by atoms with Crippen molar-refractivity contribution in [1.29, 1.82) is 0 Å². The second-order valence-electron chi connectivity index (χ2n) is 6.00. The van der Waals surface area contributed by atoms with Crippen LogP contribution in [0.1, 0.15) is 29.7 Å². The van der Waals surface area contributed by atoms with Gasteiger partial charge < -0.3 is 10.6 Å². The monoisotopic (exact) mass is 379 g/mol. The van der Waals surface area contributed by atoms with E-state index in [4.69, 9.17) is 11.6 Å². The fourth-order valence-electron chi connectivity index (χ4n) is 2.34. The van der Waals surface area contributed by atoms with Gasteiger partial charge in [-0.15, -0.1) is 0 Å². The molecule has 2 aromatic rings. The topological polar surface area (TPSA) is 71.1 Å². The Kier molecular flexibility index (Phi) is 6.24. The lowest BCUT2D eigenvalue weighted by Gasteiger charge is -2.08. The maximum atomic E-state index is 12.0. The van der Waals surface area contributed by atoms with Gasteiger partial charge in [-0.2, -0.15) is 0 Å². The molecule has 136 valence electrons. The molecule has 1 aromatic carbocycles. The van der Waals surface area contributed by atoms with Crippen molar-refractivity contribution in [3.8, 4) is 11.8 Å². The van der Waals surface area contributed by atoms with Crippen LogP contribution in [0.2, 0.25) is 5.02 Å². The van der Waals surface area contributed by atoms with Crippen molar-refractivity contribution < 1.29 is 9.59 Å². The summed E-state index contributed by atoms with van der Waals surface area (Å²) in [6.07, 6.45) is 5.99. The third kappa shape index (κ3) is 5.70. The van der Waals surface area contributed by atoms with Gasteiger partial charge in [0.05, 0.1) is 11.6 Å². The first-order valence-corrected chi connectivity index (χ1v) is 8.94. The molecule has 0 spiro atoms. The van der Waals surface area contributed by atoms with Crippen LogP contribution in [0.5, 0.6) is 0 Å². The molecule has 0 radical (unpaired) electrons. The SMILES string of the molecule is O=C(NCC#Cc1ncccc1Cl)C(=O)NCc1ccccc1C=C1CC1. The van der Waals surface area contributed by atoms with Gasteiger partial charge in [0.25, 0.3) is 0 Å². The van der Waals surface area contributed by atoms with Crippen LogP contribution in [0.15, 0.2) is 48.2 Å². The molecule has 1 heterocycles. The van der Waals surface area contributed by atoms with Gasteiger partial charge in [-0.25, -0.2) is 4.98 Å². The molecule has 0 aliphatic heterocycles. The van der Waals surface area contributed by atoms with Crippen LogP contribution in [0.25, 0.3) is 6.08 Å². The lowest BCUT2D eigenvalue weighted by Crippen LogP contribution is -2.39. The Bertz CT molecular complexity index is 951. The first-order chi connectivity index (χ1) is 13.1. The van der Waals surface area contributed by atoms with Crippen LogP contribution in [0, 0.1) is 11.8 Å². The molecule has 6 heteroatoms. The summed E-state index contributed by atoms with van der Waals surface area (Å²) in [7, 11) is 0. The number of allylic oxidation sites excluding steroid dienone is 1. The highest BCUT2D eigenvalue weighted by atomic mass is 35.5. The zero-order valence-electron chi connectivity index (χ0n) is 14.6. The van der Waals surface area contributed by atoms with Gasteiger partial charge in [-0.1, -0.05) is 53.4 Å². The number of carbonyl (C=O) groups is 2. The number of hydrogen-bond acceptors (Lipinski definition) is 3. The second kappa shape index (κ2) is 9.02. The van der Waals surface area contributed by atoms with Gasteiger partial charge in [0, 0.05) is 12.7 Å². The zero-order chi connectivity index (χ0) is 19.1. The maximum absolute atomic E-state index is 12.0. The van der Waals surface area contributed by atoms with E-state index in [0.29, 0.717) is 17.3 Å². The Labute approximate surface area is 162 Å². The highest BCUT2D eigenvalue weighted by molar-refractivity contribution is 6.35. The van der Waals surface area contributed by atoms with Crippen LogP contribution in [-0.4, -0.2) is 23.3 Å². The van der Waals surface area contributed by atoms with E-state index in [0.717, 1.165) is 24.0 Å². The number of nitrogens with one attached hydrogen (secondary N) is 2. The Morgan fingerprint density at radius 2 is 1.89 bits per heavy atom. The van der Waals surface area contributed by atoms with Crippen LogP contribution in [0.3, 0.4) is 0 Å². The molecule has 5 nitrogen and oxygen atoms in total. The molecular weight excluding hydrogens is 362 g/mol. The Balaban J connectivity index is 1.48. The molecule has 0 saturated heterocycles. The van der Waals surface area contributed by atoms with Gasteiger partial charge in [0.15, 0.2) is 0 Å². The van der Waals surface area contributed by atoms with E-state index in [-0.39, 0.29) is 6.54 Å². The lowest BCUT2D eigenvalue weighted by molar-refractivity contribution is -0.139. The van der Waals surface area contributed by atoms with E-state index >= 15 is 0 Å². The van der Waals surface area contributed by atoms with E-state index in [1.165, 1.54) is 5.57 Å². The molecule has 0 bridgehead atoms. The largest absolute Gasteiger partial charge is 0.344 e. The average molecular weight is 380 g/mol. The Hall–Kier alpha value is -3.10. The second-order valence-corrected chi connectivity index (χ2v) is 6.41. The van der Waals surface area contributed by atoms with Crippen molar-refractivity contribution in [3.05, 3.63) is 70.0 Å². The number of nitrogens with zero attached hydrogens (tertiary/aromatic N) is 1. The summed E-state index contributed by atoms with van der Waals surface area (Å²) in [4.78, 5) is 27.9. The summed E-state index contributed by atoms with van der Waals surface area (Å²) in [6.45, 7) is 0.323. The molecule has 2 N–H and O–H groups in total. The Morgan fingerprint density at radius 3 is 2.67 bits per heavy atom. The number of aromatic nitrogens is 1. The van der Waals surface area contributed by atoms with E-state index in [2.05, 4.69) is 33.5 Å². The fraction of sp³-hybridized carbons (Fsp3) is 0.190. The number of amides is 2. The molecule has 1 saturated carbocycles. The summed E-state index contributed by atoms with van der Waals surface area (Å²) in [6, 6.07) is 11.2. The van der Waals surface area contributed by atoms with Crippen molar-refractivity contribution in [3.63, 3.8) is 0 Å². The van der Waals surface area contributed by atoms with Crippen LogP contribution < -0.4 is 10.6 Å². The number of pyridine rings is 1. The van der Waals surface area contributed by atoms with E-state index in [1.807, 2.05) is 24.3 Å². The number of carbonyl (C=O) groups excluding carboxylic acids is 2. The van der Waals surface area contributed by atoms with Crippen molar-refractivity contribution in [2.75, 3.05) is 6.54 Å². The molecule has 0 unspecified atom stereocenters. The van der Waals surface area contributed by atoms with Gasteiger partial charge >= 0.3 is 11.8 Å². The number of benzene rings is 1. The predicted octanol–water partition coefficient (Wildman–Crippen LogP) is 2.70. The normalized spacial score (nSPS) is 11.8. The highest BCUT2D eigenvalue weighted by Gasteiger charge is 2.14. The Morgan fingerprint density at radius 1 is 1.11 bits per heavy atom.